The number of nitriles is 1. The molecule has 0 aliphatic heterocycles. The lowest BCUT2D eigenvalue weighted by atomic mass is 10.1. The van der Waals surface area contributed by atoms with Gasteiger partial charge >= 0.3 is 5.97 Å². The molecule has 0 saturated carbocycles. The maximum Gasteiger partial charge on any atom is 0.344 e. The fraction of sp³-hybridized carbons (Fsp3) is 0.190. The van der Waals surface area contributed by atoms with Crippen LogP contribution in [-0.2, 0) is 14.3 Å². The summed E-state index contributed by atoms with van der Waals surface area (Å²) in [5.74, 6) is 0.104. The molecule has 0 spiro atoms. The molecule has 0 unspecified atom stereocenters. The number of hydrogen-bond donors (Lipinski definition) is 1. The molecule has 29 heavy (non-hydrogen) atoms. The van der Waals surface area contributed by atoms with Crippen molar-refractivity contribution in [1.82, 2.24) is 0 Å². The Balaban J connectivity index is 2.09. The zero-order valence-corrected chi connectivity index (χ0v) is 17.5. The number of rotatable bonds is 8. The van der Waals surface area contributed by atoms with Crippen LogP contribution in [0, 0.1) is 11.3 Å². The number of esters is 1. The first-order valence-electron chi connectivity index (χ1n) is 8.62. The third kappa shape index (κ3) is 6.66. The van der Waals surface area contributed by atoms with Crippen molar-refractivity contribution in [2.24, 2.45) is 0 Å². The predicted molar refractivity (Wildman–Crippen MR) is 111 cm³/mol. The summed E-state index contributed by atoms with van der Waals surface area (Å²) in [6.07, 6.45) is 1.46. The Bertz CT molecular complexity index is 949. The highest BCUT2D eigenvalue weighted by molar-refractivity contribution is 9.10. The number of hydrogen-bond acceptors (Lipinski definition) is 6. The van der Waals surface area contributed by atoms with Crippen LogP contribution in [0.5, 0.6) is 11.5 Å². The average molecular weight is 459 g/mol. The molecule has 0 saturated heterocycles. The van der Waals surface area contributed by atoms with Gasteiger partial charge in [0.1, 0.15) is 23.1 Å². The summed E-state index contributed by atoms with van der Waals surface area (Å²) >= 11 is 3.35. The predicted octanol–water partition coefficient (Wildman–Crippen LogP) is 3.95. The van der Waals surface area contributed by atoms with Crippen molar-refractivity contribution in [3.8, 4) is 17.6 Å². The molecule has 2 rings (SSSR count). The number of amides is 1. The van der Waals surface area contributed by atoms with Gasteiger partial charge in [-0.15, -0.1) is 0 Å². The molecule has 1 N–H and O–H groups in total. The van der Waals surface area contributed by atoms with Gasteiger partial charge < -0.3 is 19.5 Å². The first-order chi connectivity index (χ1) is 14.0. The van der Waals surface area contributed by atoms with E-state index in [0.717, 1.165) is 0 Å². The van der Waals surface area contributed by atoms with Crippen molar-refractivity contribution in [1.29, 1.82) is 5.26 Å². The summed E-state index contributed by atoms with van der Waals surface area (Å²) in [6.45, 7) is 1.78. The molecule has 0 bridgehead atoms. The molecular weight excluding hydrogens is 440 g/mol. The Morgan fingerprint density at radius 3 is 2.52 bits per heavy atom. The molecule has 0 aliphatic carbocycles. The molecule has 0 heterocycles. The molecule has 0 fully saturated rings. The second-order valence-corrected chi connectivity index (χ2v) is 6.49. The Morgan fingerprint density at radius 1 is 1.21 bits per heavy atom. The van der Waals surface area contributed by atoms with E-state index in [-0.39, 0.29) is 18.8 Å². The van der Waals surface area contributed by atoms with E-state index in [4.69, 9.17) is 14.2 Å². The van der Waals surface area contributed by atoms with Crippen LogP contribution in [0.4, 0.5) is 5.69 Å². The number of benzene rings is 2. The standard InChI is InChI=1S/C21H19BrN2O5/c1-3-28-20(25)13-29-19-9-4-14(11-18(19)22)10-15(12-23)21(26)24-16-5-7-17(27-2)8-6-16/h4-11H,3,13H2,1-2H3,(H,24,26)/b15-10-. The summed E-state index contributed by atoms with van der Waals surface area (Å²) in [5, 5.41) is 12.0. The van der Waals surface area contributed by atoms with Gasteiger partial charge in [-0.2, -0.15) is 5.26 Å². The van der Waals surface area contributed by atoms with Gasteiger partial charge in [-0.05, 0) is 70.9 Å². The normalized spacial score (nSPS) is 10.6. The fourth-order valence-corrected chi connectivity index (χ4v) is 2.76. The second kappa shape index (κ2) is 10.9. The van der Waals surface area contributed by atoms with Crippen LogP contribution in [0.3, 0.4) is 0 Å². The van der Waals surface area contributed by atoms with Crippen LogP contribution in [0.25, 0.3) is 6.08 Å². The average Bonchev–Trinajstić information content (AvgIpc) is 2.72. The lowest BCUT2D eigenvalue weighted by Gasteiger charge is -2.09. The molecule has 8 heteroatoms. The zero-order valence-electron chi connectivity index (χ0n) is 15.9. The van der Waals surface area contributed by atoms with Gasteiger partial charge in [-0.25, -0.2) is 4.79 Å². The van der Waals surface area contributed by atoms with Crippen molar-refractivity contribution in [2.75, 3.05) is 25.6 Å². The van der Waals surface area contributed by atoms with Crippen molar-refractivity contribution >= 4 is 39.6 Å². The van der Waals surface area contributed by atoms with E-state index in [1.165, 1.54) is 6.08 Å². The highest BCUT2D eigenvalue weighted by Crippen LogP contribution is 2.27. The summed E-state index contributed by atoms with van der Waals surface area (Å²) in [4.78, 5) is 23.8. The molecule has 0 aromatic heterocycles. The van der Waals surface area contributed by atoms with E-state index in [1.807, 2.05) is 6.07 Å². The summed E-state index contributed by atoms with van der Waals surface area (Å²) in [5.41, 5.74) is 1.09. The minimum absolute atomic E-state index is 0.0621. The number of halogens is 1. The topological polar surface area (TPSA) is 97.7 Å². The molecule has 0 aliphatic rings. The van der Waals surface area contributed by atoms with Crippen molar-refractivity contribution in [3.63, 3.8) is 0 Å². The second-order valence-electron chi connectivity index (χ2n) is 5.64. The van der Waals surface area contributed by atoms with Crippen molar-refractivity contribution in [2.45, 2.75) is 6.92 Å². The SMILES string of the molecule is CCOC(=O)COc1ccc(/C=C(/C#N)C(=O)Nc2ccc(OC)cc2)cc1Br. The molecular formula is C21H19BrN2O5. The first kappa shape index (κ1) is 22.0. The Morgan fingerprint density at radius 2 is 1.93 bits per heavy atom. The number of ether oxygens (including phenoxy) is 3. The number of carbonyl (C=O) groups excluding carboxylic acids is 2. The molecule has 150 valence electrons. The number of nitrogens with one attached hydrogen (secondary N) is 1. The maximum atomic E-state index is 12.4. The Kier molecular flexibility index (Phi) is 8.25. The lowest BCUT2D eigenvalue weighted by Crippen LogP contribution is -2.14. The van der Waals surface area contributed by atoms with E-state index in [2.05, 4.69) is 21.2 Å². The molecule has 1 amide bonds. The molecule has 2 aromatic carbocycles. The van der Waals surface area contributed by atoms with Gasteiger partial charge in [0, 0.05) is 5.69 Å². The molecule has 7 nitrogen and oxygen atoms in total. The van der Waals surface area contributed by atoms with E-state index in [9.17, 15) is 14.9 Å². The minimum atomic E-state index is -0.531. The summed E-state index contributed by atoms with van der Waals surface area (Å²) in [6, 6.07) is 13.6. The van der Waals surface area contributed by atoms with E-state index in [0.29, 0.717) is 27.2 Å². The summed E-state index contributed by atoms with van der Waals surface area (Å²) < 4.78 is 15.8. The van der Waals surface area contributed by atoms with Crippen LogP contribution in [0.1, 0.15) is 12.5 Å². The third-order valence-corrected chi connectivity index (χ3v) is 4.25. The largest absolute Gasteiger partial charge is 0.497 e. The van der Waals surface area contributed by atoms with Crippen LogP contribution in [0.2, 0.25) is 0 Å². The number of anilines is 1. The first-order valence-corrected chi connectivity index (χ1v) is 9.41. The van der Waals surface area contributed by atoms with Crippen molar-refractivity contribution < 1.29 is 23.8 Å². The minimum Gasteiger partial charge on any atom is -0.497 e. The number of carbonyl (C=O) groups is 2. The highest BCUT2D eigenvalue weighted by atomic mass is 79.9. The van der Waals surface area contributed by atoms with Gasteiger partial charge in [0.25, 0.3) is 5.91 Å². The van der Waals surface area contributed by atoms with E-state index >= 15 is 0 Å². The molecule has 0 atom stereocenters. The monoisotopic (exact) mass is 458 g/mol. The van der Waals surface area contributed by atoms with Crippen LogP contribution >= 0.6 is 15.9 Å². The van der Waals surface area contributed by atoms with Crippen LogP contribution in [0.15, 0.2) is 52.5 Å². The smallest absolute Gasteiger partial charge is 0.344 e. The van der Waals surface area contributed by atoms with Crippen LogP contribution in [-0.4, -0.2) is 32.2 Å². The number of methoxy groups -OCH3 is 1. The molecule has 0 radical (unpaired) electrons. The highest BCUT2D eigenvalue weighted by Gasteiger charge is 2.11. The van der Waals surface area contributed by atoms with Gasteiger partial charge in [0.15, 0.2) is 6.61 Å². The molecule has 2 aromatic rings. The van der Waals surface area contributed by atoms with Crippen LogP contribution < -0.4 is 14.8 Å². The number of nitrogens with zero attached hydrogens (tertiary/aromatic N) is 1. The lowest BCUT2D eigenvalue weighted by molar-refractivity contribution is -0.145. The Hall–Kier alpha value is -3.31. The Labute approximate surface area is 177 Å². The zero-order chi connectivity index (χ0) is 21.2. The maximum absolute atomic E-state index is 12.4. The van der Waals surface area contributed by atoms with Gasteiger partial charge in [0.05, 0.1) is 18.2 Å². The van der Waals surface area contributed by atoms with Crippen molar-refractivity contribution in [3.05, 3.63) is 58.1 Å². The van der Waals surface area contributed by atoms with Gasteiger partial charge in [0.2, 0.25) is 0 Å². The van der Waals surface area contributed by atoms with E-state index < -0.39 is 11.9 Å². The third-order valence-electron chi connectivity index (χ3n) is 3.63. The van der Waals surface area contributed by atoms with Gasteiger partial charge in [-0.1, -0.05) is 6.07 Å². The summed E-state index contributed by atoms with van der Waals surface area (Å²) in [7, 11) is 1.55. The van der Waals surface area contributed by atoms with Gasteiger partial charge in [-0.3, -0.25) is 4.79 Å². The van der Waals surface area contributed by atoms with E-state index in [1.54, 1.807) is 56.5 Å². The quantitative estimate of drug-likeness (QED) is 0.365. The fourth-order valence-electron chi connectivity index (χ4n) is 2.25.